The van der Waals surface area contributed by atoms with Crippen LogP contribution in [0, 0.1) is 11.3 Å². The van der Waals surface area contributed by atoms with Gasteiger partial charge in [-0.3, -0.25) is 0 Å². The topological polar surface area (TPSA) is 44.0 Å². The molecular formula is C4H5Cl2NO. The Labute approximate surface area is 57.6 Å². The molecule has 0 heterocycles. The molecule has 0 rings (SSSR count). The van der Waals surface area contributed by atoms with Crippen molar-refractivity contribution in [3.63, 3.8) is 0 Å². The maximum Gasteiger partial charge on any atom is 0.147 e. The van der Waals surface area contributed by atoms with E-state index in [1.807, 2.05) is 0 Å². The van der Waals surface area contributed by atoms with Gasteiger partial charge in [-0.2, -0.15) is 5.26 Å². The molecule has 0 spiro atoms. The van der Waals surface area contributed by atoms with E-state index < -0.39 is 11.5 Å². The lowest BCUT2D eigenvalue weighted by atomic mass is 10.3. The molecule has 0 aromatic heterocycles. The summed E-state index contributed by atoms with van der Waals surface area (Å²) in [5.74, 6) is 0.00171. The number of aliphatic hydroxyl groups excluding tert-OH is 1. The highest BCUT2D eigenvalue weighted by molar-refractivity contribution is 6.24. The minimum atomic E-state index is -0.914. The number of rotatable bonds is 2. The molecular weight excluding hydrogens is 149 g/mol. The molecule has 0 aromatic carbocycles. The van der Waals surface area contributed by atoms with Gasteiger partial charge in [-0.05, 0) is 0 Å². The first kappa shape index (κ1) is 8.03. The Kier molecular flexibility index (Phi) is 3.98. The van der Waals surface area contributed by atoms with E-state index in [1.165, 1.54) is 0 Å². The first-order valence-corrected chi connectivity index (χ1v) is 2.97. The average Bonchev–Trinajstić information content (AvgIpc) is 1.84. The van der Waals surface area contributed by atoms with Crippen LogP contribution in [0.2, 0.25) is 0 Å². The van der Waals surface area contributed by atoms with Gasteiger partial charge in [0.15, 0.2) is 0 Å². The van der Waals surface area contributed by atoms with E-state index in [-0.39, 0.29) is 5.88 Å². The lowest BCUT2D eigenvalue weighted by molar-refractivity contribution is 0.206. The van der Waals surface area contributed by atoms with Crippen molar-refractivity contribution in [1.82, 2.24) is 0 Å². The third-order valence-electron chi connectivity index (χ3n) is 0.619. The molecule has 0 unspecified atom stereocenters. The van der Waals surface area contributed by atoms with Gasteiger partial charge < -0.3 is 5.11 Å². The van der Waals surface area contributed by atoms with Crippen molar-refractivity contribution >= 4 is 23.2 Å². The number of nitriles is 1. The highest BCUT2D eigenvalue weighted by Gasteiger charge is 2.12. The van der Waals surface area contributed by atoms with E-state index in [0.717, 1.165) is 0 Å². The van der Waals surface area contributed by atoms with Crippen LogP contribution in [-0.2, 0) is 0 Å². The molecule has 0 aromatic rings. The summed E-state index contributed by atoms with van der Waals surface area (Å²) in [5.41, 5.74) is 0. The fourth-order valence-electron chi connectivity index (χ4n) is 0.164. The van der Waals surface area contributed by atoms with Gasteiger partial charge in [0.25, 0.3) is 0 Å². The molecule has 0 aliphatic carbocycles. The molecule has 0 saturated heterocycles. The van der Waals surface area contributed by atoms with E-state index in [9.17, 15) is 0 Å². The molecule has 4 heteroatoms. The SMILES string of the molecule is N#C[C@H](Cl)[C@@H](O)CCl. The molecule has 0 fully saturated rings. The smallest absolute Gasteiger partial charge is 0.147 e. The lowest BCUT2D eigenvalue weighted by Crippen LogP contribution is -2.20. The van der Waals surface area contributed by atoms with Crippen LogP contribution in [0.1, 0.15) is 0 Å². The fraction of sp³-hybridized carbons (Fsp3) is 0.750. The summed E-state index contributed by atoms with van der Waals surface area (Å²) < 4.78 is 0. The maximum absolute atomic E-state index is 8.64. The van der Waals surface area contributed by atoms with Crippen molar-refractivity contribution in [1.29, 1.82) is 5.26 Å². The van der Waals surface area contributed by atoms with Crippen molar-refractivity contribution < 1.29 is 5.11 Å². The summed E-state index contributed by atoms with van der Waals surface area (Å²) in [6.07, 6.45) is -0.914. The molecule has 0 aliphatic rings. The van der Waals surface area contributed by atoms with Crippen LogP contribution in [-0.4, -0.2) is 22.5 Å². The van der Waals surface area contributed by atoms with Crippen molar-refractivity contribution in [3.05, 3.63) is 0 Å². The molecule has 0 amide bonds. The quantitative estimate of drug-likeness (QED) is 0.595. The van der Waals surface area contributed by atoms with Gasteiger partial charge in [-0.25, -0.2) is 0 Å². The third kappa shape index (κ3) is 2.37. The molecule has 0 bridgehead atoms. The predicted molar refractivity (Wildman–Crippen MR) is 32.0 cm³/mol. The average molecular weight is 154 g/mol. The lowest BCUT2D eigenvalue weighted by Gasteiger charge is -2.03. The zero-order chi connectivity index (χ0) is 6.57. The van der Waals surface area contributed by atoms with E-state index in [2.05, 4.69) is 0 Å². The molecule has 0 aliphatic heterocycles. The van der Waals surface area contributed by atoms with Gasteiger partial charge in [-0.15, -0.1) is 23.2 Å². The first-order valence-electron chi connectivity index (χ1n) is 2.00. The van der Waals surface area contributed by atoms with Gasteiger partial charge in [0.2, 0.25) is 0 Å². The molecule has 8 heavy (non-hydrogen) atoms. The van der Waals surface area contributed by atoms with Crippen LogP contribution in [0.5, 0.6) is 0 Å². The number of hydrogen-bond acceptors (Lipinski definition) is 2. The Morgan fingerprint density at radius 2 is 2.25 bits per heavy atom. The summed E-state index contributed by atoms with van der Waals surface area (Å²) in [4.78, 5) is 0. The normalized spacial score (nSPS) is 16.8. The Balaban J connectivity index is 3.49. The van der Waals surface area contributed by atoms with Gasteiger partial charge >= 0.3 is 0 Å². The van der Waals surface area contributed by atoms with Gasteiger partial charge in [0.05, 0.1) is 18.1 Å². The summed E-state index contributed by atoms with van der Waals surface area (Å²) in [6.45, 7) is 0. The second kappa shape index (κ2) is 3.96. The second-order valence-corrected chi connectivity index (χ2v) is 2.03. The molecule has 0 radical (unpaired) electrons. The summed E-state index contributed by atoms with van der Waals surface area (Å²) >= 11 is 10.4. The zero-order valence-electron chi connectivity index (χ0n) is 4.01. The minimum absolute atomic E-state index is 0.00171. The molecule has 46 valence electrons. The number of hydrogen-bond donors (Lipinski definition) is 1. The number of halogens is 2. The minimum Gasteiger partial charge on any atom is -0.389 e. The van der Waals surface area contributed by atoms with Gasteiger partial charge in [-0.1, -0.05) is 0 Å². The predicted octanol–water partition coefficient (Wildman–Crippen LogP) is 0.717. The Bertz CT molecular complexity index is 101. The highest BCUT2D eigenvalue weighted by atomic mass is 35.5. The molecule has 0 saturated carbocycles. The molecule has 2 nitrogen and oxygen atoms in total. The standard InChI is InChI=1S/C4H5Cl2NO/c5-1-4(8)3(6)2-7/h3-4,8H,1H2/t3-,4-/m0/s1. The van der Waals surface area contributed by atoms with Gasteiger partial charge in [0, 0.05) is 0 Å². The highest BCUT2D eigenvalue weighted by Crippen LogP contribution is 2.01. The first-order chi connectivity index (χ1) is 3.72. The van der Waals surface area contributed by atoms with Crippen LogP contribution in [0.15, 0.2) is 0 Å². The van der Waals surface area contributed by atoms with Crippen molar-refractivity contribution in [3.8, 4) is 6.07 Å². The Morgan fingerprint density at radius 3 is 2.38 bits per heavy atom. The molecule has 2 atom stereocenters. The van der Waals surface area contributed by atoms with Crippen molar-refractivity contribution in [2.45, 2.75) is 11.5 Å². The Morgan fingerprint density at radius 1 is 1.75 bits per heavy atom. The van der Waals surface area contributed by atoms with Gasteiger partial charge in [0.1, 0.15) is 5.38 Å². The number of aliphatic hydroxyl groups is 1. The number of alkyl halides is 2. The fourth-order valence-corrected chi connectivity index (χ4v) is 0.523. The van der Waals surface area contributed by atoms with E-state index in [1.54, 1.807) is 6.07 Å². The van der Waals surface area contributed by atoms with Crippen LogP contribution < -0.4 is 0 Å². The van der Waals surface area contributed by atoms with Crippen LogP contribution in [0.4, 0.5) is 0 Å². The molecule has 1 N–H and O–H groups in total. The Hall–Kier alpha value is 0.0300. The summed E-state index contributed by atoms with van der Waals surface area (Å²) in [5, 5.41) is 15.8. The van der Waals surface area contributed by atoms with E-state index >= 15 is 0 Å². The largest absolute Gasteiger partial charge is 0.389 e. The summed E-state index contributed by atoms with van der Waals surface area (Å²) in [7, 11) is 0. The third-order valence-corrected chi connectivity index (χ3v) is 1.32. The van der Waals surface area contributed by atoms with Crippen LogP contribution in [0.3, 0.4) is 0 Å². The number of nitrogens with zero attached hydrogens (tertiary/aromatic N) is 1. The van der Waals surface area contributed by atoms with E-state index in [4.69, 9.17) is 33.6 Å². The van der Waals surface area contributed by atoms with Crippen LogP contribution in [0.25, 0.3) is 0 Å². The monoisotopic (exact) mass is 153 g/mol. The van der Waals surface area contributed by atoms with Crippen molar-refractivity contribution in [2.24, 2.45) is 0 Å². The van der Waals surface area contributed by atoms with Crippen molar-refractivity contribution in [2.75, 3.05) is 5.88 Å². The zero-order valence-corrected chi connectivity index (χ0v) is 5.52. The summed E-state index contributed by atoms with van der Waals surface area (Å²) in [6, 6.07) is 1.65. The van der Waals surface area contributed by atoms with E-state index in [0.29, 0.717) is 0 Å². The maximum atomic E-state index is 8.64. The van der Waals surface area contributed by atoms with Crippen LogP contribution >= 0.6 is 23.2 Å². The second-order valence-electron chi connectivity index (χ2n) is 1.25.